The van der Waals surface area contributed by atoms with Crippen LogP contribution in [0.5, 0.6) is 0 Å². The molecule has 2 aromatic heterocycles. The molecule has 3 aromatic rings. The average Bonchev–Trinajstić information content (AvgIpc) is 3.13. The summed E-state index contributed by atoms with van der Waals surface area (Å²) in [5.41, 5.74) is 0.756. The molecule has 0 atom stereocenters. The summed E-state index contributed by atoms with van der Waals surface area (Å²) in [6.07, 6.45) is 0.542. The molecule has 1 aliphatic heterocycles. The van der Waals surface area contributed by atoms with E-state index in [1.54, 1.807) is 18.3 Å². The van der Waals surface area contributed by atoms with Crippen molar-refractivity contribution in [1.29, 1.82) is 0 Å². The maximum absolute atomic E-state index is 11.5. The molecular formula is C17H16N6O4. The van der Waals surface area contributed by atoms with Crippen molar-refractivity contribution in [3.05, 3.63) is 51.8 Å². The molecule has 0 spiro atoms. The molecule has 10 heteroatoms. The van der Waals surface area contributed by atoms with Gasteiger partial charge in [-0.05, 0) is 31.4 Å². The van der Waals surface area contributed by atoms with Gasteiger partial charge in [-0.25, -0.2) is 9.78 Å². The van der Waals surface area contributed by atoms with Crippen LogP contribution in [0.4, 0.5) is 22.1 Å². The van der Waals surface area contributed by atoms with Crippen molar-refractivity contribution < 1.29 is 14.8 Å². The number of carboxylic acid groups (broad SMARTS) is 1. The van der Waals surface area contributed by atoms with Gasteiger partial charge in [0.25, 0.3) is 5.69 Å². The number of nitro benzene ring substituents is 1. The van der Waals surface area contributed by atoms with E-state index < -0.39 is 16.6 Å². The van der Waals surface area contributed by atoms with E-state index in [2.05, 4.69) is 20.5 Å². The monoisotopic (exact) mass is 368 g/mol. The Morgan fingerprint density at radius 2 is 2.15 bits per heavy atom. The molecule has 0 radical (unpaired) electrons. The van der Waals surface area contributed by atoms with Crippen LogP contribution in [0.3, 0.4) is 0 Å². The molecular weight excluding hydrogens is 352 g/mol. The van der Waals surface area contributed by atoms with Crippen LogP contribution in [0.25, 0.3) is 10.8 Å². The number of pyridine rings is 1. The van der Waals surface area contributed by atoms with Crippen molar-refractivity contribution in [2.75, 3.05) is 5.32 Å². The number of benzene rings is 1. The number of aromatic nitrogens is 3. The smallest absolute Gasteiger partial charge is 0.408 e. The lowest BCUT2D eigenvalue weighted by atomic mass is 10.0. The van der Waals surface area contributed by atoms with Crippen LogP contribution >= 0.6 is 0 Å². The third-order valence-corrected chi connectivity index (χ3v) is 4.90. The number of hydrogen-bond acceptors (Lipinski definition) is 6. The van der Waals surface area contributed by atoms with Crippen molar-refractivity contribution in [2.45, 2.75) is 25.9 Å². The Balaban J connectivity index is 1.73. The second kappa shape index (κ2) is 5.66. The molecule has 138 valence electrons. The standard InChI is InChI=1S/C17H16N6O4/c1-17(2)13-12(8-22(17)16(24)25)15(21-20-13)19-14-11-4-3-10(23(26)27)7-9(11)5-6-18-14/h3-7H,8H2,1-2H3,(H,24,25)(H2,18,19,20,21). The van der Waals surface area contributed by atoms with Crippen LogP contribution in [0.15, 0.2) is 30.5 Å². The largest absolute Gasteiger partial charge is 0.465 e. The zero-order chi connectivity index (χ0) is 19.3. The van der Waals surface area contributed by atoms with Crippen LogP contribution in [-0.4, -0.2) is 36.2 Å². The lowest BCUT2D eigenvalue weighted by molar-refractivity contribution is -0.384. The lowest BCUT2D eigenvalue weighted by Gasteiger charge is -2.28. The van der Waals surface area contributed by atoms with Crippen molar-refractivity contribution in [3.8, 4) is 0 Å². The lowest BCUT2D eigenvalue weighted by Crippen LogP contribution is -2.39. The summed E-state index contributed by atoms with van der Waals surface area (Å²) in [4.78, 5) is 27.7. The van der Waals surface area contributed by atoms with E-state index >= 15 is 0 Å². The molecule has 10 nitrogen and oxygen atoms in total. The van der Waals surface area contributed by atoms with E-state index in [1.807, 2.05) is 13.8 Å². The first-order chi connectivity index (χ1) is 12.8. The van der Waals surface area contributed by atoms with Gasteiger partial charge < -0.3 is 10.4 Å². The number of H-pyrrole nitrogens is 1. The molecule has 0 aliphatic carbocycles. The van der Waals surface area contributed by atoms with Gasteiger partial charge in [0.2, 0.25) is 0 Å². The summed E-state index contributed by atoms with van der Waals surface area (Å²) < 4.78 is 0. The molecule has 1 aromatic carbocycles. The summed E-state index contributed by atoms with van der Waals surface area (Å²) in [7, 11) is 0. The number of non-ortho nitro benzene ring substituents is 1. The predicted molar refractivity (Wildman–Crippen MR) is 96.9 cm³/mol. The fraction of sp³-hybridized carbons (Fsp3) is 0.235. The van der Waals surface area contributed by atoms with Gasteiger partial charge in [0.1, 0.15) is 5.82 Å². The van der Waals surface area contributed by atoms with Crippen LogP contribution < -0.4 is 5.32 Å². The molecule has 0 unspecified atom stereocenters. The summed E-state index contributed by atoms with van der Waals surface area (Å²) in [6, 6.07) is 6.22. The zero-order valence-corrected chi connectivity index (χ0v) is 14.6. The Kier molecular flexibility index (Phi) is 3.51. The molecule has 1 amide bonds. The minimum atomic E-state index is -1.01. The number of carbonyl (C=O) groups is 1. The number of nitrogens with one attached hydrogen (secondary N) is 2. The Labute approximate surface area is 153 Å². The number of rotatable bonds is 3. The minimum absolute atomic E-state index is 0.000777. The van der Waals surface area contributed by atoms with Gasteiger partial charge in [-0.2, -0.15) is 5.10 Å². The highest BCUT2D eigenvalue weighted by Crippen LogP contribution is 2.41. The molecule has 1 aliphatic rings. The third-order valence-electron chi connectivity index (χ3n) is 4.90. The van der Waals surface area contributed by atoms with E-state index in [-0.39, 0.29) is 12.2 Å². The molecule has 3 heterocycles. The van der Waals surface area contributed by atoms with E-state index in [9.17, 15) is 20.0 Å². The zero-order valence-electron chi connectivity index (χ0n) is 14.6. The van der Waals surface area contributed by atoms with Gasteiger partial charge in [0, 0.05) is 29.3 Å². The fourth-order valence-corrected chi connectivity index (χ4v) is 3.42. The number of amides is 1. The predicted octanol–water partition coefficient (Wildman–Crippen LogP) is 3.34. The second-order valence-corrected chi connectivity index (χ2v) is 6.80. The molecule has 0 saturated heterocycles. The highest BCUT2D eigenvalue weighted by molar-refractivity contribution is 5.94. The molecule has 3 N–H and O–H groups in total. The van der Waals surface area contributed by atoms with Gasteiger partial charge >= 0.3 is 6.09 Å². The normalized spacial score (nSPS) is 15.0. The highest BCUT2D eigenvalue weighted by atomic mass is 16.6. The van der Waals surface area contributed by atoms with Crippen molar-refractivity contribution >= 4 is 34.2 Å². The summed E-state index contributed by atoms with van der Waals surface area (Å²) in [5, 5.41) is 32.1. The third kappa shape index (κ3) is 2.53. The Morgan fingerprint density at radius 3 is 2.85 bits per heavy atom. The van der Waals surface area contributed by atoms with E-state index in [0.717, 1.165) is 11.3 Å². The maximum Gasteiger partial charge on any atom is 0.408 e. The van der Waals surface area contributed by atoms with Gasteiger partial charge in [-0.15, -0.1) is 0 Å². The fourth-order valence-electron chi connectivity index (χ4n) is 3.42. The SMILES string of the molecule is CC1(C)c2[nH]nc(Nc3nccc4cc([N+](=O)[O-])ccc34)c2CN1C(=O)O. The number of fused-ring (bicyclic) bond motifs is 2. The Morgan fingerprint density at radius 1 is 1.37 bits per heavy atom. The maximum atomic E-state index is 11.5. The first-order valence-electron chi connectivity index (χ1n) is 8.17. The van der Waals surface area contributed by atoms with Gasteiger partial charge in [-0.3, -0.25) is 20.1 Å². The molecule has 0 saturated carbocycles. The summed E-state index contributed by atoms with van der Waals surface area (Å²) in [5.74, 6) is 0.975. The topological polar surface area (TPSA) is 137 Å². The van der Waals surface area contributed by atoms with Crippen molar-refractivity contribution in [2.24, 2.45) is 0 Å². The van der Waals surface area contributed by atoms with E-state index in [0.29, 0.717) is 22.4 Å². The summed E-state index contributed by atoms with van der Waals surface area (Å²) >= 11 is 0. The van der Waals surface area contributed by atoms with E-state index in [1.165, 1.54) is 17.0 Å². The second-order valence-electron chi connectivity index (χ2n) is 6.80. The summed E-state index contributed by atoms with van der Waals surface area (Å²) in [6.45, 7) is 3.82. The Bertz CT molecular complexity index is 1090. The quantitative estimate of drug-likeness (QED) is 0.476. The number of aromatic amines is 1. The van der Waals surface area contributed by atoms with Crippen LogP contribution in [-0.2, 0) is 12.1 Å². The van der Waals surface area contributed by atoms with Crippen molar-refractivity contribution in [3.63, 3.8) is 0 Å². The van der Waals surface area contributed by atoms with Gasteiger partial charge in [-0.1, -0.05) is 0 Å². The van der Waals surface area contributed by atoms with E-state index in [4.69, 9.17) is 0 Å². The molecule has 27 heavy (non-hydrogen) atoms. The van der Waals surface area contributed by atoms with Gasteiger partial charge in [0.15, 0.2) is 5.82 Å². The van der Waals surface area contributed by atoms with Gasteiger partial charge in [0.05, 0.1) is 22.7 Å². The molecule has 4 rings (SSSR count). The van der Waals surface area contributed by atoms with Crippen LogP contribution in [0.2, 0.25) is 0 Å². The van der Waals surface area contributed by atoms with Crippen LogP contribution in [0.1, 0.15) is 25.1 Å². The van der Waals surface area contributed by atoms with Crippen molar-refractivity contribution in [1.82, 2.24) is 20.1 Å². The minimum Gasteiger partial charge on any atom is -0.465 e. The first-order valence-corrected chi connectivity index (χ1v) is 8.17. The molecule has 0 bridgehead atoms. The molecule has 0 fully saturated rings. The number of nitrogens with zero attached hydrogens (tertiary/aromatic N) is 4. The average molecular weight is 368 g/mol. The van der Waals surface area contributed by atoms with Crippen LogP contribution in [0, 0.1) is 10.1 Å². The first kappa shape index (κ1) is 16.8. The highest BCUT2D eigenvalue weighted by Gasteiger charge is 2.43. The number of anilines is 2. The number of nitro groups is 1. The Hall–Kier alpha value is -3.69. The number of hydrogen-bond donors (Lipinski definition) is 3.